The lowest BCUT2D eigenvalue weighted by Gasteiger charge is -2.26. The van der Waals surface area contributed by atoms with Gasteiger partial charge in [-0.3, -0.25) is 0 Å². The molecule has 1 aromatic heterocycles. The van der Waals surface area contributed by atoms with Crippen molar-refractivity contribution in [2.75, 3.05) is 13.2 Å². The Labute approximate surface area is 208 Å². The highest BCUT2D eigenvalue weighted by Gasteiger charge is 2.29. The fraction of sp³-hybridized carbons (Fsp3) is 0.440. The Bertz CT molecular complexity index is 1130. The number of halogens is 2. The van der Waals surface area contributed by atoms with Crippen molar-refractivity contribution >= 4 is 18.7 Å². The maximum atomic E-state index is 13.9. The van der Waals surface area contributed by atoms with Gasteiger partial charge in [-0.25, -0.2) is 18.6 Å². The average Bonchev–Trinajstić information content (AvgIpc) is 2.75. The van der Waals surface area contributed by atoms with Crippen molar-refractivity contribution in [1.29, 1.82) is 0 Å². The Morgan fingerprint density at radius 3 is 2.44 bits per heavy atom. The monoisotopic (exact) mass is 502 g/mol. The van der Waals surface area contributed by atoms with Gasteiger partial charge in [-0.05, 0) is 56.9 Å². The molecule has 0 spiro atoms. The summed E-state index contributed by atoms with van der Waals surface area (Å²) in [6, 6.07) is 4.68. The zero-order chi connectivity index (χ0) is 26.5. The number of benzene rings is 1. The number of pyridine rings is 1. The van der Waals surface area contributed by atoms with E-state index in [1.807, 2.05) is 0 Å². The number of carbonyl (C=O) groups excluding carboxylic acids is 1. The minimum absolute atomic E-state index is 0.0197. The molecule has 1 aromatic carbocycles. The van der Waals surface area contributed by atoms with E-state index in [-0.39, 0.29) is 28.8 Å². The van der Waals surface area contributed by atoms with Crippen LogP contribution in [-0.4, -0.2) is 57.8 Å². The third kappa shape index (κ3) is 8.00. The van der Waals surface area contributed by atoms with E-state index in [0.717, 1.165) is 18.2 Å². The summed E-state index contributed by atoms with van der Waals surface area (Å²) >= 11 is 0. The lowest BCUT2D eigenvalue weighted by Crippen LogP contribution is -2.42. The van der Waals surface area contributed by atoms with Crippen LogP contribution in [0.15, 0.2) is 30.3 Å². The van der Waals surface area contributed by atoms with Crippen molar-refractivity contribution in [3.05, 3.63) is 58.9 Å². The molecule has 1 saturated heterocycles. The molecule has 8 nitrogen and oxygen atoms in total. The number of ether oxygens (including phenoxy) is 2. The second-order valence-electron chi connectivity index (χ2n) is 9.62. The van der Waals surface area contributed by atoms with Crippen molar-refractivity contribution in [2.24, 2.45) is 0 Å². The van der Waals surface area contributed by atoms with E-state index < -0.39 is 42.1 Å². The van der Waals surface area contributed by atoms with Gasteiger partial charge in [-0.1, -0.05) is 12.0 Å². The minimum atomic E-state index is -1.96. The van der Waals surface area contributed by atoms with Gasteiger partial charge in [0.15, 0.2) is 0 Å². The normalized spacial score (nSPS) is 15.9. The summed E-state index contributed by atoms with van der Waals surface area (Å²) in [5.41, 5.74) is -1.71. The molecule has 0 radical (unpaired) electrons. The highest BCUT2D eigenvalue weighted by Crippen LogP contribution is 2.21. The number of hydrogen-bond acceptors (Lipinski definition) is 7. The predicted molar refractivity (Wildman–Crippen MR) is 128 cm³/mol. The van der Waals surface area contributed by atoms with Crippen molar-refractivity contribution in [1.82, 2.24) is 10.3 Å². The highest BCUT2D eigenvalue weighted by molar-refractivity contribution is 6.59. The van der Waals surface area contributed by atoms with Gasteiger partial charge in [0.25, 0.3) is 0 Å². The number of nitrogens with one attached hydrogen (secondary N) is 1. The van der Waals surface area contributed by atoms with Crippen LogP contribution >= 0.6 is 0 Å². The van der Waals surface area contributed by atoms with E-state index in [2.05, 4.69) is 22.1 Å². The average molecular weight is 502 g/mol. The smallest absolute Gasteiger partial charge is 0.444 e. The molecule has 1 fully saturated rings. The van der Waals surface area contributed by atoms with Gasteiger partial charge in [-0.15, -0.1) is 0 Å². The molecule has 1 unspecified atom stereocenters. The van der Waals surface area contributed by atoms with Gasteiger partial charge < -0.3 is 29.9 Å². The first-order chi connectivity index (χ1) is 16.8. The van der Waals surface area contributed by atoms with Gasteiger partial charge in [0.1, 0.15) is 28.5 Å². The summed E-state index contributed by atoms with van der Waals surface area (Å²) in [7, 11) is -1.96. The van der Waals surface area contributed by atoms with Crippen LogP contribution in [0.25, 0.3) is 0 Å². The Balaban J connectivity index is 2.02. The molecule has 3 rings (SSSR count). The summed E-state index contributed by atoms with van der Waals surface area (Å²) in [5.74, 6) is 3.98. The van der Waals surface area contributed by atoms with Gasteiger partial charge in [0.2, 0.25) is 0 Å². The molecule has 0 bridgehead atoms. The Hall–Kier alpha value is -3.04. The molecular weight excluding hydrogens is 473 g/mol. The van der Waals surface area contributed by atoms with Crippen LogP contribution in [0, 0.1) is 23.5 Å². The van der Waals surface area contributed by atoms with Crippen LogP contribution in [0.2, 0.25) is 0 Å². The molecular formula is C25H29BF2N2O6. The molecule has 0 aliphatic carbocycles. The fourth-order valence-corrected chi connectivity index (χ4v) is 3.70. The van der Waals surface area contributed by atoms with Crippen molar-refractivity contribution in [3.63, 3.8) is 0 Å². The fourth-order valence-electron chi connectivity index (χ4n) is 3.70. The van der Waals surface area contributed by atoms with E-state index in [1.165, 1.54) is 12.1 Å². The zero-order valence-electron chi connectivity index (χ0n) is 20.3. The summed E-state index contributed by atoms with van der Waals surface area (Å²) < 4.78 is 38.3. The molecule has 36 heavy (non-hydrogen) atoms. The van der Waals surface area contributed by atoms with Crippen LogP contribution in [0.4, 0.5) is 13.6 Å². The maximum Gasteiger partial charge on any atom is 0.490 e. The number of carbonyl (C=O) groups is 1. The summed E-state index contributed by atoms with van der Waals surface area (Å²) in [4.78, 5) is 17.0. The SMILES string of the molecule is CC(C)(C)OC(=O)NC(Cc1cc(F)cc(F)c1)c1nc(C#CC2(O)CCOCC2)ccc1B(O)O. The quantitative estimate of drug-likeness (QED) is 0.363. The first-order valence-corrected chi connectivity index (χ1v) is 11.5. The third-order valence-corrected chi connectivity index (χ3v) is 5.36. The molecule has 11 heteroatoms. The van der Waals surface area contributed by atoms with Gasteiger partial charge in [-0.2, -0.15) is 0 Å². The zero-order valence-corrected chi connectivity index (χ0v) is 20.3. The molecule has 2 aromatic rings. The molecule has 0 saturated carbocycles. The summed E-state index contributed by atoms with van der Waals surface area (Å²) in [6.07, 6.45) is -0.320. The van der Waals surface area contributed by atoms with Crippen molar-refractivity contribution in [3.8, 4) is 11.8 Å². The minimum Gasteiger partial charge on any atom is -0.444 e. The van der Waals surface area contributed by atoms with E-state index in [9.17, 15) is 28.7 Å². The predicted octanol–water partition coefficient (Wildman–Crippen LogP) is 1.74. The number of aliphatic hydroxyl groups is 1. The van der Waals surface area contributed by atoms with Crippen LogP contribution in [0.1, 0.15) is 56.6 Å². The first kappa shape index (κ1) is 27.6. The molecule has 192 valence electrons. The molecule has 1 atom stereocenters. The standard InChI is InChI=1S/C25H29BF2N2O6/c1-24(2,3)36-23(31)30-21(14-16-12-17(27)15-18(28)13-16)22-20(26(33)34)5-4-19(29-22)6-7-25(32)8-10-35-11-9-25/h4-5,12-13,15,21,32-34H,8-11,14H2,1-3H3,(H,30,31). The number of amides is 1. The Kier molecular flexibility index (Phi) is 8.69. The van der Waals surface area contributed by atoms with E-state index >= 15 is 0 Å². The van der Waals surface area contributed by atoms with E-state index in [1.54, 1.807) is 20.8 Å². The number of rotatable bonds is 5. The van der Waals surface area contributed by atoms with Crippen molar-refractivity contribution < 1.29 is 38.2 Å². The lowest BCUT2D eigenvalue weighted by molar-refractivity contribution is -0.0262. The summed E-state index contributed by atoms with van der Waals surface area (Å²) in [5, 5.41) is 33.1. The van der Waals surface area contributed by atoms with E-state index in [4.69, 9.17) is 9.47 Å². The Morgan fingerprint density at radius 1 is 1.22 bits per heavy atom. The Morgan fingerprint density at radius 2 is 1.86 bits per heavy atom. The van der Waals surface area contributed by atoms with Gasteiger partial charge >= 0.3 is 13.2 Å². The third-order valence-electron chi connectivity index (χ3n) is 5.36. The molecule has 2 heterocycles. The number of alkyl carbamates (subject to hydrolysis) is 1. The number of hydrogen-bond donors (Lipinski definition) is 4. The van der Waals surface area contributed by atoms with Crippen LogP contribution < -0.4 is 10.8 Å². The highest BCUT2D eigenvalue weighted by atomic mass is 19.1. The number of aromatic nitrogens is 1. The molecule has 4 N–H and O–H groups in total. The van der Waals surface area contributed by atoms with Crippen molar-refractivity contribution in [2.45, 2.75) is 57.3 Å². The maximum absolute atomic E-state index is 13.9. The van der Waals surface area contributed by atoms with Crippen LogP contribution in [0.3, 0.4) is 0 Å². The molecule has 1 aliphatic rings. The first-order valence-electron chi connectivity index (χ1n) is 11.5. The van der Waals surface area contributed by atoms with E-state index in [0.29, 0.717) is 26.1 Å². The topological polar surface area (TPSA) is 121 Å². The number of nitrogens with zero attached hydrogens (tertiary/aromatic N) is 1. The lowest BCUT2D eigenvalue weighted by atomic mass is 9.76. The second kappa shape index (κ2) is 11.3. The molecule has 1 aliphatic heterocycles. The largest absolute Gasteiger partial charge is 0.490 e. The van der Waals surface area contributed by atoms with Gasteiger partial charge in [0, 0.05) is 24.4 Å². The summed E-state index contributed by atoms with van der Waals surface area (Å²) in [6.45, 7) is 5.74. The van der Waals surface area contributed by atoms with Crippen LogP contribution in [0.5, 0.6) is 0 Å². The molecule has 1 amide bonds. The second-order valence-corrected chi connectivity index (χ2v) is 9.62. The van der Waals surface area contributed by atoms with Gasteiger partial charge in [0.05, 0.1) is 24.9 Å². The van der Waals surface area contributed by atoms with Crippen LogP contribution in [-0.2, 0) is 15.9 Å².